The number of nitrogens with one attached hydrogen (secondary N) is 1. The summed E-state index contributed by atoms with van der Waals surface area (Å²) in [6.45, 7) is 3.12. The fraction of sp³-hybridized carbons (Fsp3) is 0.286. The third-order valence-electron chi connectivity index (χ3n) is 2.60. The van der Waals surface area contributed by atoms with Crippen molar-refractivity contribution >= 4 is 28.8 Å². The van der Waals surface area contributed by atoms with Crippen LogP contribution in [0.5, 0.6) is 0 Å². The lowest BCUT2D eigenvalue weighted by atomic mass is 10.3. The molecule has 0 fully saturated rings. The Kier molecular flexibility index (Phi) is 4.51. The van der Waals surface area contributed by atoms with E-state index < -0.39 is 0 Å². The highest BCUT2D eigenvalue weighted by atomic mass is 32.2. The Bertz CT molecular complexity index is 477. The third-order valence-corrected chi connectivity index (χ3v) is 4.56. The molecule has 0 spiro atoms. The molecule has 0 aliphatic carbocycles. The molecule has 0 amide bonds. The van der Waals surface area contributed by atoms with Crippen LogP contribution in [-0.4, -0.2) is 6.26 Å². The van der Waals surface area contributed by atoms with Crippen molar-refractivity contribution in [3.8, 4) is 0 Å². The van der Waals surface area contributed by atoms with Crippen molar-refractivity contribution in [1.29, 1.82) is 0 Å². The molecule has 17 heavy (non-hydrogen) atoms. The molecule has 0 atom stereocenters. The minimum absolute atomic E-state index is 0.919. The molecular formula is C14H17NS2. The fourth-order valence-corrected chi connectivity index (χ4v) is 2.99. The molecule has 0 radical (unpaired) electrons. The molecule has 2 rings (SSSR count). The van der Waals surface area contributed by atoms with Crippen LogP contribution in [0.2, 0.25) is 0 Å². The number of rotatable bonds is 5. The van der Waals surface area contributed by atoms with E-state index in [1.807, 2.05) is 11.3 Å². The van der Waals surface area contributed by atoms with Crippen LogP contribution in [0.15, 0.2) is 41.3 Å². The van der Waals surface area contributed by atoms with E-state index in [-0.39, 0.29) is 0 Å². The number of aryl methyl sites for hydroxylation is 1. The van der Waals surface area contributed by atoms with Gasteiger partial charge in [-0.25, -0.2) is 0 Å². The molecule has 0 bridgehead atoms. The zero-order valence-corrected chi connectivity index (χ0v) is 11.8. The van der Waals surface area contributed by atoms with Crippen molar-refractivity contribution in [3.05, 3.63) is 46.2 Å². The van der Waals surface area contributed by atoms with Crippen LogP contribution in [-0.2, 0) is 13.0 Å². The van der Waals surface area contributed by atoms with Crippen molar-refractivity contribution in [1.82, 2.24) is 0 Å². The molecule has 0 unspecified atom stereocenters. The lowest BCUT2D eigenvalue weighted by molar-refractivity contribution is 1.18. The van der Waals surface area contributed by atoms with Crippen LogP contribution in [0.25, 0.3) is 0 Å². The summed E-state index contributed by atoms with van der Waals surface area (Å²) in [6, 6.07) is 13.0. The number of hydrogen-bond acceptors (Lipinski definition) is 3. The zero-order chi connectivity index (χ0) is 12.1. The summed E-state index contributed by atoms with van der Waals surface area (Å²) < 4.78 is 0. The Hall–Kier alpha value is -0.930. The summed E-state index contributed by atoms with van der Waals surface area (Å²) in [4.78, 5) is 4.16. The van der Waals surface area contributed by atoms with Gasteiger partial charge in [-0.05, 0) is 43.0 Å². The van der Waals surface area contributed by atoms with Gasteiger partial charge in [-0.2, -0.15) is 0 Å². The quantitative estimate of drug-likeness (QED) is 0.788. The minimum atomic E-state index is 0.919. The molecule has 0 aliphatic rings. The van der Waals surface area contributed by atoms with Crippen molar-refractivity contribution in [2.75, 3.05) is 11.6 Å². The number of anilines is 1. The van der Waals surface area contributed by atoms with Gasteiger partial charge >= 0.3 is 0 Å². The lowest BCUT2D eigenvalue weighted by Gasteiger charge is -2.06. The summed E-state index contributed by atoms with van der Waals surface area (Å²) in [7, 11) is 0. The smallest absolute Gasteiger partial charge is 0.0494 e. The van der Waals surface area contributed by atoms with Crippen LogP contribution in [0.1, 0.15) is 16.7 Å². The first-order valence-corrected chi connectivity index (χ1v) is 7.81. The van der Waals surface area contributed by atoms with Gasteiger partial charge in [0.2, 0.25) is 0 Å². The van der Waals surface area contributed by atoms with E-state index in [0.29, 0.717) is 0 Å². The topological polar surface area (TPSA) is 12.0 Å². The average Bonchev–Trinajstić information content (AvgIpc) is 2.84. The summed E-state index contributed by atoms with van der Waals surface area (Å²) >= 11 is 3.67. The summed E-state index contributed by atoms with van der Waals surface area (Å²) in [5, 5.41) is 3.47. The predicted molar refractivity (Wildman–Crippen MR) is 79.2 cm³/mol. The van der Waals surface area contributed by atoms with Crippen LogP contribution >= 0.6 is 23.1 Å². The molecule has 0 saturated heterocycles. The van der Waals surface area contributed by atoms with Crippen molar-refractivity contribution in [3.63, 3.8) is 0 Å². The van der Waals surface area contributed by atoms with Gasteiger partial charge in [0.15, 0.2) is 0 Å². The Labute approximate surface area is 111 Å². The molecule has 0 saturated carbocycles. The maximum atomic E-state index is 3.47. The van der Waals surface area contributed by atoms with Crippen LogP contribution in [0.3, 0.4) is 0 Å². The Balaban J connectivity index is 1.96. The first-order chi connectivity index (χ1) is 8.31. The second kappa shape index (κ2) is 6.12. The van der Waals surface area contributed by atoms with Crippen LogP contribution in [0, 0.1) is 0 Å². The van der Waals surface area contributed by atoms with Gasteiger partial charge in [-0.1, -0.05) is 13.0 Å². The zero-order valence-electron chi connectivity index (χ0n) is 10.2. The number of hydrogen-bond donors (Lipinski definition) is 1. The molecule has 1 heterocycles. The molecule has 1 aromatic carbocycles. The summed E-state index contributed by atoms with van der Waals surface area (Å²) in [5.41, 5.74) is 1.20. The average molecular weight is 263 g/mol. The second-order valence-electron chi connectivity index (χ2n) is 3.81. The van der Waals surface area contributed by atoms with E-state index in [4.69, 9.17) is 0 Å². The highest BCUT2D eigenvalue weighted by Crippen LogP contribution is 2.21. The van der Waals surface area contributed by atoms with E-state index >= 15 is 0 Å². The van der Waals surface area contributed by atoms with Gasteiger partial charge in [-0.3, -0.25) is 0 Å². The lowest BCUT2D eigenvalue weighted by Crippen LogP contribution is -1.96. The summed E-state index contributed by atoms with van der Waals surface area (Å²) in [5.74, 6) is 0. The number of thiophene rings is 1. The monoisotopic (exact) mass is 263 g/mol. The maximum absolute atomic E-state index is 3.47. The van der Waals surface area contributed by atoms with E-state index in [0.717, 1.165) is 13.0 Å². The molecule has 1 N–H and O–H groups in total. The van der Waals surface area contributed by atoms with Crippen molar-refractivity contribution < 1.29 is 0 Å². The number of benzene rings is 1. The molecule has 0 aliphatic heterocycles. The Morgan fingerprint density at radius 3 is 2.71 bits per heavy atom. The van der Waals surface area contributed by atoms with Gasteiger partial charge in [-0.15, -0.1) is 23.1 Å². The molecule has 3 heteroatoms. The SMILES string of the molecule is CCc1ccc(CNc2cccc(SC)c2)s1. The largest absolute Gasteiger partial charge is 0.380 e. The second-order valence-corrected chi connectivity index (χ2v) is 5.94. The van der Waals surface area contributed by atoms with Crippen molar-refractivity contribution in [2.24, 2.45) is 0 Å². The maximum Gasteiger partial charge on any atom is 0.0494 e. The highest BCUT2D eigenvalue weighted by molar-refractivity contribution is 7.98. The fourth-order valence-electron chi connectivity index (χ4n) is 1.63. The van der Waals surface area contributed by atoms with Gasteiger partial charge in [0, 0.05) is 26.9 Å². The molecule has 1 aromatic heterocycles. The molecular weight excluding hydrogens is 246 g/mol. The van der Waals surface area contributed by atoms with Gasteiger partial charge in [0.25, 0.3) is 0 Å². The van der Waals surface area contributed by atoms with E-state index in [2.05, 4.69) is 54.9 Å². The molecule has 90 valence electrons. The Morgan fingerprint density at radius 2 is 2.00 bits per heavy atom. The van der Waals surface area contributed by atoms with Gasteiger partial charge in [0.05, 0.1) is 0 Å². The van der Waals surface area contributed by atoms with E-state index in [9.17, 15) is 0 Å². The van der Waals surface area contributed by atoms with Crippen molar-refractivity contribution in [2.45, 2.75) is 24.8 Å². The Morgan fingerprint density at radius 1 is 1.18 bits per heavy atom. The van der Waals surface area contributed by atoms with E-state index in [1.165, 1.54) is 20.3 Å². The number of thioether (sulfide) groups is 1. The summed E-state index contributed by atoms with van der Waals surface area (Å²) in [6.07, 6.45) is 3.23. The third kappa shape index (κ3) is 3.51. The standard InChI is InChI=1S/C14H17NS2/c1-3-12-7-8-14(17-12)10-15-11-5-4-6-13(9-11)16-2/h4-9,15H,3,10H2,1-2H3. The first kappa shape index (κ1) is 12.5. The molecule has 2 aromatic rings. The normalized spacial score (nSPS) is 10.5. The minimum Gasteiger partial charge on any atom is -0.380 e. The highest BCUT2D eigenvalue weighted by Gasteiger charge is 1.99. The van der Waals surface area contributed by atoms with Gasteiger partial charge < -0.3 is 5.32 Å². The van der Waals surface area contributed by atoms with E-state index in [1.54, 1.807) is 11.8 Å². The van der Waals surface area contributed by atoms with Gasteiger partial charge in [0.1, 0.15) is 0 Å². The first-order valence-electron chi connectivity index (χ1n) is 5.77. The van der Waals surface area contributed by atoms with Crippen LogP contribution < -0.4 is 5.32 Å². The predicted octanol–water partition coefficient (Wildman–Crippen LogP) is 4.64. The molecule has 1 nitrogen and oxygen atoms in total. The van der Waals surface area contributed by atoms with Crippen LogP contribution in [0.4, 0.5) is 5.69 Å².